The summed E-state index contributed by atoms with van der Waals surface area (Å²) in [6.07, 6.45) is 3.25. The Kier molecular flexibility index (Phi) is 5.17. The fraction of sp³-hybridized carbons (Fsp3) is 0.381. The van der Waals surface area contributed by atoms with Gasteiger partial charge in [0.15, 0.2) is 0 Å². The summed E-state index contributed by atoms with van der Waals surface area (Å²) in [6, 6.07) is 7.72. The zero-order chi connectivity index (χ0) is 19.7. The van der Waals surface area contributed by atoms with Crippen LogP contribution in [0.25, 0.3) is 10.2 Å². The second kappa shape index (κ2) is 7.75. The van der Waals surface area contributed by atoms with E-state index in [0.717, 1.165) is 23.9 Å². The number of carbonyl (C=O) groups is 1. The first kappa shape index (κ1) is 18.7. The van der Waals surface area contributed by atoms with Crippen molar-refractivity contribution >= 4 is 27.5 Å². The Hall–Kier alpha value is -2.67. The average molecular weight is 398 g/mol. The maximum Gasteiger partial charge on any atom is 0.274 e. The molecule has 0 saturated carbocycles. The molecular weight excluding hydrogens is 374 g/mol. The maximum absolute atomic E-state index is 12.8. The molecule has 1 fully saturated rings. The van der Waals surface area contributed by atoms with Crippen molar-refractivity contribution < 1.29 is 14.3 Å². The first-order valence-corrected chi connectivity index (χ1v) is 10.2. The first-order chi connectivity index (χ1) is 13.6. The lowest BCUT2D eigenvalue weighted by atomic mass is 10.1. The molecule has 0 bridgehead atoms. The van der Waals surface area contributed by atoms with Crippen molar-refractivity contribution in [2.45, 2.75) is 32.8 Å². The number of rotatable bonds is 4. The second-order valence-corrected chi connectivity index (χ2v) is 7.99. The summed E-state index contributed by atoms with van der Waals surface area (Å²) in [5.41, 5.74) is 3.91. The van der Waals surface area contributed by atoms with Gasteiger partial charge in [-0.1, -0.05) is 23.5 Å². The molecule has 1 amide bonds. The molecule has 4 rings (SSSR count). The van der Waals surface area contributed by atoms with Crippen molar-refractivity contribution in [2.75, 3.05) is 20.2 Å². The standard InChI is InChI=1S/C21H23N3O3S/c1-13-6-7-14(2)18-17(13)23-21(28-18)27-15-8-11-24(12-9-15)20(25)16-5-4-10-22-19(16)26-3/h4-7,10,15H,8-9,11-12H2,1-3H3. The number of ether oxygens (including phenoxy) is 2. The summed E-state index contributed by atoms with van der Waals surface area (Å²) in [5.74, 6) is 0.320. The van der Waals surface area contributed by atoms with Gasteiger partial charge in [-0.25, -0.2) is 9.97 Å². The van der Waals surface area contributed by atoms with Crippen LogP contribution in [0.15, 0.2) is 30.5 Å². The largest absolute Gasteiger partial charge is 0.480 e. The van der Waals surface area contributed by atoms with Crippen LogP contribution < -0.4 is 9.47 Å². The Balaban J connectivity index is 1.41. The highest BCUT2D eigenvalue weighted by Crippen LogP contribution is 2.33. The minimum Gasteiger partial charge on any atom is -0.480 e. The molecule has 3 heterocycles. The predicted octanol–water partition coefficient (Wildman–Crippen LogP) is 4.00. The molecule has 0 atom stereocenters. The number of fused-ring (bicyclic) bond motifs is 1. The number of aryl methyl sites for hydroxylation is 2. The van der Waals surface area contributed by atoms with E-state index in [9.17, 15) is 4.79 Å². The summed E-state index contributed by atoms with van der Waals surface area (Å²) < 4.78 is 12.6. The number of nitrogens with zero attached hydrogens (tertiary/aromatic N) is 3. The van der Waals surface area contributed by atoms with Crippen molar-refractivity contribution in [2.24, 2.45) is 0 Å². The Morgan fingerprint density at radius 2 is 1.93 bits per heavy atom. The van der Waals surface area contributed by atoms with E-state index in [1.165, 1.54) is 17.4 Å². The van der Waals surface area contributed by atoms with E-state index in [1.54, 1.807) is 29.7 Å². The monoisotopic (exact) mass is 397 g/mol. The fourth-order valence-electron chi connectivity index (χ4n) is 3.50. The molecule has 3 aromatic rings. The smallest absolute Gasteiger partial charge is 0.274 e. The van der Waals surface area contributed by atoms with Crippen LogP contribution >= 0.6 is 11.3 Å². The molecule has 1 aliphatic rings. The van der Waals surface area contributed by atoms with E-state index in [2.05, 4.69) is 35.9 Å². The van der Waals surface area contributed by atoms with Gasteiger partial charge in [-0.3, -0.25) is 4.79 Å². The number of piperidine rings is 1. The van der Waals surface area contributed by atoms with E-state index >= 15 is 0 Å². The van der Waals surface area contributed by atoms with Crippen LogP contribution in [0.1, 0.15) is 34.3 Å². The molecular formula is C21H23N3O3S. The van der Waals surface area contributed by atoms with Gasteiger partial charge in [0.1, 0.15) is 11.7 Å². The quantitative estimate of drug-likeness (QED) is 0.666. The lowest BCUT2D eigenvalue weighted by Gasteiger charge is -2.31. The Bertz CT molecular complexity index is 970. The molecule has 0 aliphatic carbocycles. The highest BCUT2D eigenvalue weighted by Gasteiger charge is 2.27. The van der Waals surface area contributed by atoms with Crippen LogP contribution in [0, 0.1) is 13.8 Å². The van der Waals surface area contributed by atoms with E-state index in [1.807, 2.05) is 4.90 Å². The zero-order valence-corrected chi connectivity index (χ0v) is 17.1. The van der Waals surface area contributed by atoms with Crippen molar-refractivity contribution in [3.05, 3.63) is 47.2 Å². The minimum absolute atomic E-state index is 0.0466. The van der Waals surface area contributed by atoms with Gasteiger partial charge in [0.05, 0.1) is 17.3 Å². The lowest BCUT2D eigenvalue weighted by molar-refractivity contribution is 0.0592. The Labute approximate surface area is 168 Å². The zero-order valence-electron chi connectivity index (χ0n) is 16.3. The van der Waals surface area contributed by atoms with Crippen LogP contribution in [0.4, 0.5) is 0 Å². The van der Waals surface area contributed by atoms with Crippen molar-refractivity contribution in [1.82, 2.24) is 14.9 Å². The molecule has 1 aromatic carbocycles. The van der Waals surface area contributed by atoms with Crippen LogP contribution in [0.5, 0.6) is 11.1 Å². The number of pyridine rings is 1. The Morgan fingerprint density at radius 3 is 2.64 bits per heavy atom. The van der Waals surface area contributed by atoms with Gasteiger partial charge in [-0.15, -0.1) is 0 Å². The van der Waals surface area contributed by atoms with E-state index < -0.39 is 0 Å². The average Bonchev–Trinajstić information content (AvgIpc) is 3.16. The Morgan fingerprint density at radius 1 is 1.18 bits per heavy atom. The number of thiazole rings is 1. The third-order valence-corrected chi connectivity index (χ3v) is 6.20. The summed E-state index contributed by atoms with van der Waals surface area (Å²) in [6.45, 7) is 5.46. The highest BCUT2D eigenvalue weighted by molar-refractivity contribution is 7.20. The number of hydrogen-bond donors (Lipinski definition) is 0. The molecule has 2 aromatic heterocycles. The van der Waals surface area contributed by atoms with Gasteiger partial charge < -0.3 is 14.4 Å². The third kappa shape index (κ3) is 3.54. The number of amides is 1. The predicted molar refractivity (Wildman–Crippen MR) is 109 cm³/mol. The third-order valence-electron chi connectivity index (χ3n) is 5.11. The van der Waals surface area contributed by atoms with Gasteiger partial charge in [-0.05, 0) is 37.1 Å². The van der Waals surface area contributed by atoms with Crippen LogP contribution in [-0.4, -0.2) is 47.1 Å². The topological polar surface area (TPSA) is 64.5 Å². The van der Waals surface area contributed by atoms with Gasteiger partial charge >= 0.3 is 0 Å². The fourth-order valence-corrected chi connectivity index (χ4v) is 4.52. The minimum atomic E-state index is -0.0466. The van der Waals surface area contributed by atoms with Crippen LogP contribution in [-0.2, 0) is 0 Å². The molecule has 1 aliphatic heterocycles. The van der Waals surface area contributed by atoms with Gasteiger partial charge in [0.2, 0.25) is 5.88 Å². The molecule has 28 heavy (non-hydrogen) atoms. The SMILES string of the molecule is COc1ncccc1C(=O)N1CCC(Oc2nc3c(C)ccc(C)c3s2)CC1. The molecule has 6 nitrogen and oxygen atoms in total. The maximum atomic E-state index is 12.8. The molecule has 7 heteroatoms. The highest BCUT2D eigenvalue weighted by atomic mass is 32.1. The summed E-state index contributed by atoms with van der Waals surface area (Å²) in [4.78, 5) is 23.4. The van der Waals surface area contributed by atoms with Gasteiger partial charge in [0, 0.05) is 32.1 Å². The van der Waals surface area contributed by atoms with E-state index in [4.69, 9.17) is 9.47 Å². The van der Waals surface area contributed by atoms with Gasteiger partial charge in [0.25, 0.3) is 11.1 Å². The number of carbonyl (C=O) groups excluding carboxylic acids is 1. The normalized spacial score (nSPS) is 15.0. The van der Waals surface area contributed by atoms with Crippen molar-refractivity contribution in [3.8, 4) is 11.1 Å². The number of aromatic nitrogens is 2. The summed E-state index contributed by atoms with van der Waals surface area (Å²) >= 11 is 1.60. The molecule has 0 radical (unpaired) electrons. The van der Waals surface area contributed by atoms with Crippen molar-refractivity contribution in [1.29, 1.82) is 0 Å². The summed E-state index contributed by atoms with van der Waals surface area (Å²) in [5, 5.41) is 0.714. The second-order valence-electron chi connectivity index (χ2n) is 7.03. The number of methoxy groups -OCH3 is 1. The molecule has 146 valence electrons. The summed E-state index contributed by atoms with van der Waals surface area (Å²) in [7, 11) is 1.53. The number of likely N-dealkylation sites (tertiary alicyclic amines) is 1. The molecule has 0 N–H and O–H groups in total. The van der Waals surface area contributed by atoms with Crippen molar-refractivity contribution in [3.63, 3.8) is 0 Å². The number of benzene rings is 1. The lowest BCUT2D eigenvalue weighted by Crippen LogP contribution is -2.41. The molecule has 0 unspecified atom stereocenters. The van der Waals surface area contributed by atoms with Crippen LogP contribution in [0.2, 0.25) is 0 Å². The van der Waals surface area contributed by atoms with E-state index in [0.29, 0.717) is 29.7 Å². The van der Waals surface area contributed by atoms with E-state index in [-0.39, 0.29) is 12.0 Å². The van der Waals surface area contributed by atoms with Gasteiger partial charge in [-0.2, -0.15) is 0 Å². The van der Waals surface area contributed by atoms with Crippen LogP contribution in [0.3, 0.4) is 0 Å². The number of hydrogen-bond acceptors (Lipinski definition) is 6. The first-order valence-electron chi connectivity index (χ1n) is 9.38. The molecule has 1 saturated heterocycles. The molecule has 0 spiro atoms.